The zero-order valence-electron chi connectivity index (χ0n) is 24.8. The zero-order chi connectivity index (χ0) is 28.7. The van der Waals surface area contributed by atoms with Crippen LogP contribution in [0.2, 0.25) is 5.02 Å². The zero-order valence-corrected chi connectivity index (χ0v) is 25.6. The Morgan fingerprint density at radius 2 is 1.85 bits per heavy atom. The van der Waals surface area contributed by atoms with E-state index in [-0.39, 0.29) is 22.8 Å². The SMILES string of the molecule is CCc1nc2c(c(N3CCCCCC3)n1)CCC1(CCC(C)c3c(Cl)cc(N)c(F)c31)C2.FC1CC2CCCN2C1. The number of nitrogens with zero attached hydrogens (tertiary/aromatic N) is 4. The van der Waals surface area contributed by atoms with Gasteiger partial charge in [-0.05, 0) is 88.3 Å². The van der Waals surface area contributed by atoms with Crippen LogP contribution in [-0.4, -0.2) is 53.3 Å². The highest BCUT2D eigenvalue weighted by Crippen LogP contribution is 2.53. The van der Waals surface area contributed by atoms with E-state index in [2.05, 4.69) is 23.6 Å². The van der Waals surface area contributed by atoms with E-state index in [4.69, 9.17) is 27.3 Å². The highest BCUT2D eigenvalue weighted by molar-refractivity contribution is 6.31. The third kappa shape index (κ3) is 5.58. The van der Waals surface area contributed by atoms with Crippen molar-refractivity contribution in [3.8, 4) is 0 Å². The first-order valence-electron chi connectivity index (χ1n) is 16.1. The first-order chi connectivity index (χ1) is 19.8. The second kappa shape index (κ2) is 11.9. The van der Waals surface area contributed by atoms with Gasteiger partial charge in [0.1, 0.15) is 23.6 Å². The molecule has 7 rings (SSSR count). The molecule has 5 nitrogen and oxygen atoms in total. The maximum Gasteiger partial charge on any atom is 0.150 e. The number of fused-ring (bicyclic) bond motifs is 4. The van der Waals surface area contributed by atoms with Crippen molar-refractivity contribution in [3.05, 3.63) is 45.1 Å². The quantitative estimate of drug-likeness (QED) is 0.374. The molecule has 4 heterocycles. The van der Waals surface area contributed by atoms with Gasteiger partial charge in [-0.1, -0.05) is 38.3 Å². The number of aryl methyl sites for hydroxylation is 1. The number of hydrogen-bond donors (Lipinski definition) is 1. The molecule has 3 fully saturated rings. The van der Waals surface area contributed by atoms with Crippen LogP contribution < -0.4 is 10.6 Å². The van der Waals surface area contributed by atoms with E-state index in [1.54, 1.807) is 6.07 Å². The lowest BCUT2D eigenvalue weighted by atomic mass is 9.60. The van der Waals surface area contributed by atoms with Crippen LogP contribution in [0.5, 0.6) is 0 Å². The highest BCUT2D eigenvalue weighted by Gasteiger charge is 2.46. The number of anilines is 2. The Morgan fingerprint density at radius 1 is 1.07 bits per heavy atom. The largest absolute Gasteiger partial charge is 0.396 e. The third-order valence-electron chi connectivity index (χ3n) is 10.5. The van der Waals surface area contributed by atoms with Crippen molar-refractivity contribution in [2.45, 2.75) is 121 Å². The third-order valence-corrected chi connectivity index (χ3v) is 10.8. The molecule has 3 saturated heterocycles. The smallest absolute Gasteiger partial charge is 0.150 e. The number of hydrogen-bond acceptors (Lipinski definition) is 5. The van der Waals surface area contributed by atoms with Crippen LogP contribution >= 0.6 is 11.6 Å². The monoisotopic (exact) mass is 585 g/mol. The van der Waals surface area contributed by atoms with Gasteiger partial charge in [0.05, 0.1) is 11.4 Å². The van der Waals surface area contributed by atoms with Crippen LogP contribution in [0.25, 0.3) is 0 Å². The first-order valence-corrected chi connectivity index (χ1v) is 16.5. The molecule has 5 aliphatic rings. The van der Waals surface area contributed by atoms with Crippen molar-refractivity contribution in [2.75, 3.05) is 36.8 Å². The van der Waals surface area contributed by atoms with Gasteiger partial charge in [-0.25, -0.2) is 18.7 Å². The lowest BCUT2D eigenvalue weighted by molar-refractivity contribution is 0.287. The van der Waals surface area contributed by atoms with Gasteiger partial charge in [0, 0.05) is 53.7 Å². The highest BCUT2D eigenvalue weighted by atomic mass is 35.5. The minimum Gasteiger partial charge on any atom is -0.396 e. The van der Waals surface area contributed by atoms with Gasteiger partial charge >= 0.3 is 0 Å². The molecule has 8 heteroatoms. The minimum atomic E-state index is -0.518. The molecule has 224 valence electrons. The van der Waals surface area contributed by atoms with Gasteiger partial charge in [0.15, 0.2) is 0 Å². The lowest BCUT2D eigenvalue weighted by Gasteiger charge is -2.45. The van der Waals surface area contributed by atoms with Gasteiger partial charge in [0.25, 0.3) is 0 Å². The molecule has 4 unspecified atom stereocenters. The van der Waals surface area contributed by atoms with Crippen LogP contribution in [0.4, 0.5) is 20.3 Å². The standard InChI is InChI=1S/C26H34ClFN4.C7H12FN/c1-3-21-30-20-15-26(10-8-16(2)22-18(27)14-19(29)24(28)23(22)26)11-9-17(20)25(31-21)32-12-6-4-5-7-13-32;8-6-4-7-2-1-3-9(7)5-6/h14,16H,3-13,15,29H2,1-2H3;6-7H,1-5H2. The van der Waals surface area contributed by atoms with E-state index in [0.29, 0.717) is 17.6 Å². The summed E-state index contributed by atoms with van der Waals surface area (Å²) in [6.45, 7) is 8.26. The molecule has 0 bridgehead atoms. The van der Waals surface area contributed by atoms with Crippen LogP contribution in [0.3, 0.4) is 0 Å². The molecule has 1 aromatic carbocycles. The summed E-state index contributed by atoms with van der Waals surface area (Å²) in [6, 6.07) is 2.21. The van der Waals surface area contributed by atoms with E-state index < -0.39 is 6.17 Å². The van der Waals surface area contributed by atoms with E-state index >= 15 is 4.39 Å². The van der Waals surface area contributed by atoms with Crippen LogP contribution in [0.1, 0.15) is 112 Å². The molecule has 0 saturated carbocycles. The van der Waals surface area contributed by atoms with Crippen molar-refractivity contribution >= 4 is 23.1 Å². The second-order valence-corrected chi connectivity index (χ2v) is 13.6. The normalized spacial score (nSPS) is 29.4. The predicted octanol–water partition coefficient (Wildman–Crippen LogP) is 7.31. The average molecular weight is 586 g/mol. The number of rotatable bonds is 2. The Morgan fingerprint density at radius 3 is 2.59 bits per heavy atom. The fourth-order valence-corrected chi connectivity index (χ4v) is 8.72. The minimum absolute atomic E-state index is 0.162. The van der Waals surface area contributed by atoms with E-state index in [1.165, 1.54) is 44.1 Å². The molecule has 2 aromatic rings. The van der Waals surface area contributed by atoms with E-state index in [0.717, 1.165) is 93.0 Å². The molecule has 2 aliphatic carbocycles. The van der Waals surface area contributed by atoms with Crippen molar-refractivity contribution in [3.63, 3.8) is 0 Å². The van der Waals surface area contributed by atoms with Crippen molar-refractivity contribution < 1.29 is 8.78 Å². The molecule has 1 aromatic heterocycles. The molecule has 4 atom stereocenters. The summed E-state index contributed by atoms with van der Waals surface area (Å²) in [5.41, 5.74) is 10.1. The number of halogens is 3. The lowest BCUT2D eigenvalue weighted by Crippen LogP contribution is -2.40. The van der Waals surface area contributed by atoms with Crippen molar-refractivity contribution in [1.82, 2.24) is 14.9 Å². The van der Waals surface area contributed by atoms with Crippen molar-refractivity contribution in [2.24, 2.45) is 0 Å². The maximum atomic E-state index is 15.6. The summed E-state index contributed by atoms with van der Waals surface area (Å²) >= 11 is 6.63. The summed E-state index contributed by atoms with van der Waals surface area (Å²) in [7, 11) is 0. The number of nitrogens with two attached hydrogens (primary N) is 1. The Balaban J connectivity index is 0.000000283. The Kier molecular flexibility index (Phi) is 8.48. The summed E-state index contributed by atoms with van der Waals surface area (Å²) in [5, 5.41) is 0.610. The van der Waals surface area contributed by atoms with Gasteiger partial charge in [0.2, 0.25) is 0 Å². The van der Waals surface area contributed by atoms with Crippen molar-refractivity contribution in [1.29, 1.82) is 0 Å². The molecular formula is C33H46ClF2N5. The van der Waals surface area contributed by atoms with E-state index in [9.17, 15) is 4.39 Å². The predicted molar refractivity (Wildman–Crippen MR) is 163 cm³/mol. The second-order valence-electron chi connectivity index (χ2n) is 13.2. The summed E-state index contributed by atoms with van der Waals surface area (Å²) < 4.78 is 28.2. The van der Waals surface area contributed by atoms with Gasteiger partial charge in [-0.3, -0.25) is 4.90 Å². The van der Waals surface area contributed by atoms with Gasteiger partial charge in [-0.15, -0.1) is 0 Å². The number of aromatic nitrogens is 2. The maximum absolute atomic E-state index is 15.6. The molecule has 0 radical (unpaired) electrons. The summed E-state index contributed by atoms with van der Waals surface area (Å²) in [5.74, 6) is 2.01. The summed E-state index contributed by atoms with van der Waals surface area (Å²) in [6.07, 6.45) is 13.1. The van der Waals surface area contributed by atoms with Crippen LogP contribution in [-0.2, 0) is 24.7 Å². The topological polar surface area (TPSA) is 58.3 Å². The fourth-order valence-electron chi connectivity index (χ4n) is 8.32. The van der Waals surface area contributed by atoms with Crippen LogP contribution in [0.15, 0.2) is 6.07 Å². The summed E-state index contributed by atoms with van der Waals surface area (Å²) in [4.78, 5) is 14.8. The number of nitrogen functional groups attached to an aromatic ring is 1. The van der Waals surface area contributed by atoms with Crippen LogP contribution in [0, 0.1) is 5.82 Å². The van der Waals surface area contributed by atoms with Gasteiger partial charge < -0.3 is 10.6 Å². The molecule has 3 aliphatic heterocycles. The molecule has 2 N–H and O–H groups in total. The van der Waals surface area contributed by atoms with Gasteiger partial charge in [-0.2, -0.15) is 0 Å². The molecule has 0 amide bonds. The molecule has 1 spiro atoms. The Bertz CT molecular complexity index is 1250. The molecule has 41 heavy (non-hydrogen) atoms. The first kappa shape index (κ1) is 29.1. The fraction of sp³-hybridized carbons (Fsp3) is 0.697. The molecular weight excluding hydrogens is 540 g/mol. The Labute approximate surface area is 249 Å². The number of alkyl halides is 1. The number of benzene rings is 1. The Hall–Kier alpha value is -1.99. The average Bonchev–Trinajstić information content (AvgIpc) is 3.42. The van der Waals surface area contributed by atoms with E-state index in [1.807, 2.05) is 0 Å².